The Morgan fingerprint density at radius 3 is 2.71 bits per heavy atom. The summed E-state index contributed by atoms with van der Waals surface area (Å²) < 4.78 is 6.59. The van der Waals surface area contributed by atoms with E-state index in [2.05, 4.69) is 26.0 Å². The number of aromatic nitrogens is 3. The van der Waals surface area contributed by atoms with E-state index in [1.54, 1.807) is 6.07 Å². The number of esters is 1. The SMILES string of the molecule is CC(=O)Oc1nccc2c(Br)nn(C(C)=O)c12. The molecular formula is C10H8BrN3O3. The first-order valence-electron chi connectivity index (χ1n) is 4.73. The summed E-state index contributed by atoms with van der Waals surface area (Å²) in [4.78, 5) is 26.3. The van der Waals surface area contributed by atoms with Crippen LogP contribution in [0.2, 0.25) is 0 Å². The molecule has 17 heavy (non-hydrogen) atoms. The highest BCUT2D eigenvalue weighted by atomic mass is 79.9. The maximum Gasteiger partial charge on any atom is 0.309 e. The molecule has 0 aliphatic rings. The van der Waals surface area contributed by atoms with E-state index in [0.29, 0.717) is 15.5 Å². The number of pyridine rings is 1. The fraction of sp³-hybridized carbons (Fsp3) is 0.200. The van der Waals surface area contributed by atoms with E-state index in [0.717, 1.165) is 4.68 Å². The number of hydrogen-bond donors (Lipinski definition) is 0. The zero-order chi connectivity index (χ0) is 12.6. The third kappa shape index (κ3) is 2.05. The highest BCUT2D eigenvalue weighted by Gasteiger charge is 2.17. The summed E-state index contributed by atoms with van der Waals surface area (Å²) in [5.74, 6) is -0.720. The van der Waals surface area contributed by atoms with E-state index in [1.807, 2.05) is 0 Å². The molecule has 0 amide bonds. The summed E-state index contributed by atoms with van der Waals surface area (Å²) in [5, 5.41) is 4.67. The van der Waals surface area contributed by atoms with Gasteiger partial charge in [-0.3, -0.25) is 9.59 Å². The molecule has 2 heterocycles. The van der Waals surface area contributed by atoms with Crippen molar-refractivity contribution in [3.05, 3.63) is 16.9 Å². The zero-order valence-electron chi connectivity index (χ0n) is 9.10. The lowest BCUT2D eigenvalue weighted by Crippen LogP contribution is -2.10. The van der Waals surface area contributed by atoms with Gasteiger partial charge in [0.15, 0.2) is 0 Å². The minimum Gasteiger partial charge on any atom is -0.405 e. The van der Waals surface area contributed by atoms with E-state index in [-0.39, 0.29) is 11.8 Å². The molecule has 2 rings (SSSR count). The Morgan fingerprint density at radius 1 is 1.41 bits per heavy atom. The van der Waals surface area contributed by atoms with Crippen LogP contribution in [-0.2, 0) is 4.79 Å². The Balaban J connectivity index is 2.76. The summed E-state index contributed by atoms with van der Waals surface area (Å²) in [6, 6.07) is 1.68. The summed E-state index contributed by atoms with van der Waals surface area (Å²) >= 11 is 3.23. The predicted molar refractivity (Wildman–Crippen MR) is 62.8 cm³/mol. The van der Waals surface area contributed by atoms with Crippen LogP contribution in [0.25, 0.3) is 10.9 Å². The van der Waals surface area contributed by atoms with Crippen molar-refractivity contribution in [2.24, 2.45) is 0 Å². The summed E-state index contributed by atoms with van der Waals surface area (Å²) in [6.45, 7) is 2.63. The molecular weight excluding hydrogens is 290 g/mol. The van der Waals surface area contributed by atoms with Gasteiger partial charge in [0.05, 0.1) is 0 Å². The van der Waals surface area contributed by atoms with Crippen LogP contribution < -0.4 is 4.74 Å². The highest BCUT2D eigenvalue weighted by molar-refractivity contribution is 9.10. The van der Waals surface area contributed by atoms with Gasteiger partial charge < -0.3 is 4.74 Å². The Hall–Kier alpha value is -1.76. The fourth-order valence-electron chi connectivity index (χ4n) is 1.44. The van der Waals surface area contributed by atoms with E-state index in [9.17, 15) is 9.59 Å². The molecule has 0 saturated carbocycles. The topological polar surface area (TPSA) is 74.1 Å². The number of rotatable bonds is 1. The van der Waals surface area contributed by atoms with E-state index in [1.165, 1.54) is 20.0 Å². The Bertz CT molecular complexity index is 621. The van der Waals surface area contributed by atoms with Gasteiger partial charge in [-0.25, -0.2) is 4.98 Å². The maximum atomic E-state index is 11.4. The smallest absolute Gasteiger partial charge is 0.309 e. The van der Waals surface area contributed by atoms with Gasteiger partial charge >= 0.3 is 5.97 Å². The van der Waals surface area contributed by atoms with Crippen LogP contribution >= 0.6 is 15.9 Å². The Labute approximate surface area is 105 Å². The van der Waals surface area contributed by atoms with Crippen molar-refractivity contribution in [3.8, 4) is 5.88 Å². The van der Waals surface area contributed by atoms with Gasteiger partial charge in [0.25, 0.3) is 0 Å². The third-order valence-electron chi connectivity index (χ3n) is 2.05. The number of hydrogen-bond acceptors (Lipinski definition) is 5. The van der Waals surface area contributed by atoms with Gasteiger partial charge in [-0.2, -0.15) is 9.78 Å². The molecule has 7 heteroatoms. The molecule has 0 aromatic carbocycles. The van der Waals surface area contributed by atoms with E-state index < -0.39 is 5.97 Å². The van der Waals surface area contributed by atoms with Crippen LogP contribution in [-0.4, -0.2) is 26.6 Å². The van der Waals surface area contributed by atoms with Crippen molar-refractivity contribution < 1.29 is 14.3 Å². The maximum absolute atomic E-state index is 11.4. The third-order valence-corrected chi connectivity index (χ3v) is 2.64. The number of carbonyl (C=O) groups excluding carboxylic acids is 2. The first-order valence-corrected chi connectivity index (χ1v) is 5.52. The van der Waals surface area contributed by atoms with Crippen LogP contribution in [0, 0.1) is 0 Å². The van der Waals surface area contributed by atoms with Crippen molar-refractivity contribution in [3.63, 3.8) is 0 Å². The van der Waals surface area contributed by atoms with Crippen LogP contribution in [0.5, 0.6) is 5.88 Å². The second-order valence-corrected chi connectivity index (χ2v) is 4.08. The van der Waals surface area contributed by atoms with Crippen molar-refractivity contribution in [1.29, 1.82) is 0 Å². The van der Waals surface area contributed by atoms with Gasteiger partial charge in [0.1, 0.15) is 10.1 Å². The highest BCUT2D eigenvalue weighted by Crippen LogP contribution is 2.28. The number of fused-ring (bicyclic) bond motifs is 1. The van der Waals surface area contributed by atoms with Gasteiger partial charge in [-0.15, -0.1) is 0 Å². The van der Waals surface area contributed by atoms with Gasteiger partial charge in [-0.1, -0.05) is 0 Å². The number of halogens is 1. The van der Waals surface area contributed by atoms with Crippen molar-refractivity contribution in [1.82, 2.24) is 14.8 Å². The Morgan fingerprint density at radius 2 is 2.12 bits per heavy atom. The first kappa shape index (κ1) is 11.7. The molecule has 0 radical (unpaired) electrons. The van der Waals surface area contributed by atoms with Crippen LogP contribution in [0.1, 0.15) is 18.6 Å². The van der Waals surface area contributed by atoms with Gasteiger partial charge in [-0.05, 0) is 22.0 Å². The van der Waals surface area contributed by atoms with E-state index in [4.69, 9.17) is 4.74 Å². The lowest BCUT2D eigenvalue weighted by atomic mass is 10.3. The van der Waals surface area contributed by atoms with Gasteiger partial charge in [0.2, 0.25) is 11.8 Å². The average molecular weight is 298 g/mol. The molecule has 0 atom stereocenters. The predicted octanol–water partition coefficient (Wildman–Crippen LogP) is 1.78. The summed E-state index contributed by atoms with van der Waals surface area (Å²) in [6.07, 6.45) is 1.48. The molecule has 2 aromatic rings. The lowest BCUT2D eigenvalue weighted by Gasteiger charge is -2.03. The summed E-state index contributed by atoms with van der Waals surface area (Å²) in [5.41, 5.74) is 0.377. The largest absolute Gasteiger partial charge is 0.405 e. The monoisotopic (exact) mass is 297 g/mol. The molecule has 2 aromatic heterocycles. The minimum absolute atomic E-state index is 0.0726. The average Bonchev–Trinajstić information content (AvgIpc) is 2.57. The normalized spacial score (nSPS) is 10.5. The van der Waals surface area contributed by atoms with E-state index >= 15 is 0 Å². The zero-order valence-corrected chi connectivity index (χ0v) is 10.7. The second-order valence-electron chi connectivity index (χ2n) is 3.33. The number of ether oxygens (including phenoxy) is 1. The van der Waals surface area contributed by atoms with Crippen LogP contribution in [0.4, 0.5) is 0 Å². The molecule has 0 spiro atoms. The lowest BCUT2D eigenvalue weighted by molar-refractivity contribution is -0.132. The van der Waals surface area contributed by atoms with Crippen molar-refractivity contribution in [2.45, 2.75) is 13.8 Å². The van der Waals surface area contributed by atoms with Gasteiger partial charge in [0, 0.05) is 25.4 Å². The first-order chi connectivity index (χ1) is 8.00. The molecule has 0 aliphatic carbocycles. The molecule has 88 valence electrons. The summed E-state index contributed by atoms with van der Waals surface area (Å²) in [7, 11) is 0. The van der Waals surface area contributed by atoms with Crippen molar-refractivity contribution in [2.75, 3.05) is 0 Å². The quantitative estimate of drug-likeness (QED) is 0.750. The molecule has 6 nitrogen and oxygen atoms in total. The standard InChI is InChI=1S/C10H8BrN3O3/c1-5(15)14-8-7(9(11)13-14)3-4-12-10(8)17-6(2)16/h3-4H,1-2H3. The fourth-order valence-corrected chi connectivity index (χ4v) is 1.91. The molecule has 0 saturated heterocycles. The molecule has 0 bridgehead atoms. The Kier molecular flexibility index (Phi) is 2.93. The molecule has 0 fully saturated rings. The minimum atomic E-state index is -0.502. The van der Waals surface area contributed by atoms with Crippen LogP contribution in [0.3, 0.4) is 0 Å². The van der Waals surface area contributed by atoms with Crippen LogP contribution in [0.15, 0.2) is 16.9 Å². The second kappa shape index (κ2) is 4.25. The molecule has 0 aliphatic heterocycles. The number of nitrogens with zero attached hydrogens (tertiary/aromatic N) is 3. The molecule has 0 unspecified atom stereocenters. The van der Waals surface area contributed by atoms with Crippen molar-refractivity contribution >= 4 is 38.7 Å². The number of carbonyl (C=O) groups is 2. The molecule has 0 N–H and O–H groups in total.